The number of hydrogen-bond donors (Lipinski definition) is 1. The number of thiol groups is 1. The molecule has 3 fully saturated rings. The Labute approximate surface area is 347 Å². The molecule has 0 aliphatic carbocycles. The van der Waals surface area contributed by atoms with E-state index < -0.39 is 80.0 Å². The molecule has 0 amide bonds. The van der Waals surface area contributed by atoms with Gasteiger partial charge in [0.1, 0.15) is 60.3 Å². The van der Waals surface area contributed by atoms with Crippen molar-refractivity contribution in [1.82, 2.24) is 39.0 Å². The number of imidazole rings is 2. The monoisotopic (exact) mass is 896 g/mol. The van der Waals surface area contributed by atoms with Gasteiger partial charge in [0.25, 0.3) is 15.0 Å². The summed E-state index contributed by atoms with van der Waals surface area (Å²) in [5.41, 5.74) is 3.46. The minimum absolute atomic E-state index is 0.232. The van der Waals surface area contributed by atoms with Gasteiger partial charge in [-0.2, -0.15) is 0 Å². The molecule has 7 rings (SSSR count). The Morgan fingerprint density at radius 3 is 1.72 bits per heavy atom. The van der Waals surface area contributed by atoms with Gasteiger partial charge in [0.2, 0.25) is 0 Å². The van der Waals surface area contributed by atoms with E-state index in [4.69, 9.17) is 36.4 Å². The van der Waals surface area contributed by atoms with E-state index in [1.807, 2.05) is 13.8 Å². The molecule has 58 heavy (non-hydrogen) atoms. The molecule has 2 unspecified atom stereocenters. The molecular formula is C34H55BN8O10P2SSi2. The zero-order valence-electron chi connectivity index (χ0n) is 35.3. The highest BCUT2D eigenvalue weighted by Crippen LogP contribution is 2.59. The third-order valence-corrected chi connectivity index (χ3v) is 23.9. The van der Waals surface area contributed by atoms with Crippen molar-refractivity contribution in [3.63, 3.8) is 0 Å². The molecule has 0 spiro atoms. The molecule has 4 aromatic heterocycles. The lowest BCUT2D eigenvalue weighted by atomic mass is 10.1. The quantitative estimate of drug-likeness (QED) is 0.126. The average Bonchev–Trinajstić information content (AvgIpc) is 3.87. The molecule has 318 valence electrons. The third-order valence-electron chi connectivity index (χ3n) is 12.1. The second-order valence-corrected chi connectivity index (χ2v) is 32.8. The van der Waals surface area contributed by atoms with Crippen LogP contribution in [0.1, 0.15) is 65.4 Å². The van der Waals surface area contributed by atoms with Crippen molar-refractivity contribution < 1.29 is 45.6 Å². The third kappa shape index (κ3) is 8.48. The molecule has 24 heteroatoms. The molecule has 3 aliphatic heterocycles. The number of nitrogens with zero attached hydrogens (tertiary/aromatic N) is 8. The maximum absolute atomic E-state index is 14.7. The van der Waals surface area contributed by atoms with Crippen molar-refractivity contribution in [2.24, 2.45) is 0 Å². The first-order valence-electron chi connectivity index (χ1n) is 19.3. The summed E-state index contributed by atoms with van der Waals surface area (Å²) in [6, 6.07) is 0. The van der Waals surface area contributed by atoms with Crippen LogP contribution >= 0.6 is 26.5 Å². The van der Waals surface area contributed by atoms with Crippen molar-refractivity contribution in [2.45, 2.75) is 141 Å². The topological polar surface area (TPSA) is 195 Å². The van der Waals surface area contributed by atoms with E-state index in [2.05, 4.69) is 110 Å². The van der Waals surface area contributed by atoms with Gasteiger partial charge in [0, 0.05) is 0 Å². The van der Waals surface area contributed by atoms with Gasteiger partial charge >= 0.3 is 6.80 Å². The van der Waals surface area contributed by atoms with Gasteiger partial charge in [0.15, 0.2) is 40.4 Å². The lowest BCUT2D eigenvalue weighted by molar-refractivity contribution is -0.0573. The summed E-state index contributed by atoms with van der Waals surface area (Å²) in [6.45, 7) is 19.9. The number of hydrogen-bond acceptors (Lipinski definition) is 16. The van der Waals surface area contributed by atoms with Crippen molar-refractivity contribution in [1.29, 1.82) is 0 Å². The van der Waals surface area contributed by atoms with Crippen LogP contribution in [0.25, 0.3) is 22.3 Å². The molecule has 18 nitrogen and oxygen atoms in total. The smallest absolute Gasteiger partial charge is 0.386 e. The number of aromatic nitrogens is 8. The van der Waals surface area contributed by atoms with E-state index >= 15 is 0 Å². The highest BCUT2D eigenvalue weighted by atomic mass is 32.7. The summed E-state index contributed by atoms with van der Waals surface area (Å²) < 4.78 is 85.6. The first-order chi connectivity index (χ1) is 26.8. The van der Waals surface area contributed by atoms with E-state index in [1.165, 1.54) is 20.2 Å². The zero-order valence-corrected chi connectivity index (χ0v) is 40.0. The van der Waals surface area contributed by atoms with E-state index in [1.54, 1.807) is 21.8 Å². The van der Waals surface area contributed by atoms with Crippen molar-refractivity contribution in [3.8, 4) is 0 Å². The maximum Gasteiger partial charge on any atom is 0.386 e. The summed E-state index contributed by atoms with van der Waals surface area (Å²) in [4.78, 5) is 26.7. The lowest BCUT2D eigenvalue weighted by Crippen LogP contribution is -2.50. The van der Waals surface area contributed by atoms with Crippen LogP contribution < -0.4 is 0 Å². The second-order valence-electron chi connectivity index (χ2n) is 18.4. The molecule has 3 aliphatic rings. The zero-order chi connectivity index (χ0) is 42.4. The fraction of sp³-hybridized carbons (Fsp3) is 0.706. The summed E-state index contributed by atoms with van der Waals surface area (Å²) in [5.74, 6) is 0. The van der Waals surface area contributed by atoms with Crippen LogP contribution in [0.2, 0.25) is 36.3 Å². The maximum atomic E-state index is 14.7. The Kier molecular flexibility index (Phi) is 11.8. The summed E-state index contributed by atoms with van der Waals surface area (Å²) >= 11 is 4.53. The van der Waals surface area contributed by atoms with Gasteiger partial charge in [-0.05, 0) is 50.1 Å². The molecule has 2 bridgehead atoms. The Balaban J connectivity index is 1.30. The van der Waals surface area contributed by atoms with Gasteiger partial charge < -0.3 is 27.4 Å². The SMILES string of the molecule is BP1(=O)OC[C@H]2O[C@@H](n3cnc4c(C)ncnc43)[C@H](OP(=O)(S)OC[C@H]3O[C@@H](n4cnc5c(C)ncnc54)[C@H](O[Si](C)(C)C(C)(C)C)[C@@H]3O1)[C@@H]2O[Si](C)(C)C(C)(C)C. The standard InChI is InChI=1S/C34H55BN8O10P2SSi2/c1-19-23-29(38-15-36-19)42(17-40-23)31-27-26(52-57(9,10)33(3,4)5)22(49-31)13-46-54(35,44)50-25-21(14-47-55(45,56)51-27)48-32(28(25)53-58(11,12)34(6,7)8)43-18-41-24-20(2)37-16-39-30(24)43/h15-18,21-22,25-28,31-32H,13-14,35H2,1-12H3,(H,45,56)/t21-,22-,25-,26-,27-,28-,31-,32-,54?,55?/m1/s1. The summed E-state index contributed by atoms with van der Waals surface area (Å²) in [5, 5.41) is -0.472. The van der Waals surface area contributed by atoms with Crippen LogP contribution in [0, 0.1) is 13.8 Å². The van der Waals surface area contributed by atoms with Crippen LogP contribution in [0.15, 0.2) is 25.3 Å². The molecule has 3 saturated heterocycles. The number of rotatable bonds is 6. The van der Waals surface area contributed by atoms with E-state index in [0.717, 1.165) is 0 Å². The molecule has 10 atom stereocenters. The molecule has 0 saturated carbocycles. The van der Waals surface area contributed by atoms with Gasteiger partial charge in [-0.25, -0.2) is 34.5 Å². The Hall–Kier alpha value is -1.91. The fourth-order valence-electron chi connectivity index (χ4n) is 6.80. The Morgan fingerprint density at radius 2 is 1.19 bits per heavy atom. The molecule has 0 N–H and O–H groups in total. The number of ether oxygens (including phenoxy) is 2. The minimum Gasteiger partial charge on any atom is -0.408 e. The van der Waals surface area contributed by atoms with Gasteiger partial charge in [-0.3, -0.25) is 22.7 Å². The number of aryl methyl sites for hydroxylation is 2. The second kappa shape index (κ2) is 15.5. The van der Waals surface area contributed by atoms with Crippen LogP contribution in [-0.4, -0.2) is 113 Å². The van der Waals surface area contributed by atoms with Gasteiger partial charge in [0.05, 0.1) is 37.3 Å². The Bertz CT molecular complexity index is 2270. The van der Waals surface area contributed by atoms with Crippen LogP contribution in [-0.2, 0) is 45.6 Å². The first-order valence-corrected chi connectivity index (χ1v) is 29.8. The van der Waals surface area contributed by atoms with E-state index in [9.17, 15) is 9.13 Å². The predicted molar refractivity (Wildman–Crippen MR) is 226 cm³/mol. The molecule has 7 heterocycles. The highest BCUT2D eigenvalue weighted by molar-refractivity contribution is 8.44. The lowest BCUT2D eigenvalue weighted by Gasteiger charge is -2.41. The van der Waals surface area contributed by atoms with Gasteiger partial charge in [-0.1, -0.05) is 53.8 Å². The molecule has 0 aromatic carbocycles. The van der Waals surface area contributed by atoms with Crippen molar-refractivity contribution in [2.75, 3.05) is 13.2 Å². The fourth-order valence-corrected chi connectivity index (χ4v) is 12.0. The van der Waals surface area contributed by atoms with E-state index in [-0.39, 0.29) is 23.3 Å². The number of fused-ring (bicyclic) bond motifs is 5. The summed E-state index contributed by atoms with van der Waals surface area (Å²) in [7, 11) is -7.74. The molecule has 4 aromatic rings. The van der Waals surface area contributed by atoms with Crippen molar-refractivity contribution >= 4 is 73.0 Å². The van der Waals surface area contributed by atoms with E-state index in [0.29, 0.717) is 33.7 Å². The predicted octanol–water partition coefficient (Wildman–Crippen LogP) is 6.45. The molecule has 0 radical (unpaired) electrons. The first kappa shape index (κ1) is 44.2. The van der Waals surface area contributed by atoms with Gasteiger partial charge in [-0.15, -0.1) is 0 Å². The van der Waals surface area contributed by atoms with Crippen LogP contribution in [0.5, 0.6) is 0 Å². The molecular weight excluding hydrogens is 841 g/mol. The average molecular weight is 897 g/mol. The van der Waals surface area contributed by atoms with Crippen LogP contribution in [0.3, 0.4) is 0 Å². The van der Waals surface area contributed by atoms with Crippen LogP contribution in [0.4, 0.5) is 0 Å². The Morgan fingerprint density at radius 1 is 0.707 bits per heavy atom. The summed E-state index contributed by atoms with van der Waals surface area (Å²) in [6.07, 6.45) is -1.58. The highest BCUT2D eigenvalue weighted by Gasteiger charge is 2.57. The van der Waals surface area contributed by atoms with Crippen molar-refractivity contribution in [3.05, 3.63) is 36.7 Å². The largest absolute Gasteiger partial charge is 0.408 e. The minimum atomic E-state index is -4.28. The normalized spacial score (nSPS) is 33.2.